The van der Waals surface area contributed by atoms with E-state index >= 15 is 0 Å². The van der Waals surface area contributed by atoms with E-state index in [1.807, 2.05) is 0 Å². The Balaban J connectivity index is 2.98. The van der Waals surface area contributed by atoms with Gasteiger partial charge in [-0.05, 0) is 17.7 Å². The van der Waals surface area contributed by atoms with Crippen LogP contribution < -0.4 is 5.73 Å². The van der Waals surface area contributed by atoms with Gasteiger partial charge in [-0.1, -0.05) is 6.07 Å². The summed E-state index contributed by atoms with van der Waals surface area (Å²) >= 11 is 0. The van der Waals surface area contributed by atoms with Gasteiger partial charge in [-0.3, -0.25) is 4.79 Å². The van der Waals surface area contributed by atoms with E-state index in [1.54, 1.807) is 0 Å². The van der Waals surface area contributed by atoms with Crippen molar-refractivity contribution in [3.63, 3.8) is 0 Å². The number of hydrogen-bond acceptors (Lipinski definition) is 3. The summed E-state index contributed by atoms with van der Waals surface area (Å²) in [4.78, 5) is 10.4. The average Bonchev–Trinajstić information content (AvgIpc) is 2.16. The maximum Gasteiger partial charge on any atom is 0.305 e. The van der Waals surface area contributed by atoms with Crippen molar-refractivity contribution in [1.82, 2.24) is 0 Å². The SMILES string of the molecule is NC(CC(=O)O)c1ccc(O)c(C(F)F)c1. The van der Waals surface area contributed by atoms with E-state index in [9.17, 15) is 13.6 Å². The second kappa shape index (κ2) is 4.89. The van der Waals surface area contributed by atoms with Crippen molar-refractivity contribution in [2.24, 2.45) is 5.73 Å². The van der Waals surface area contributed by atoms with Crippen molar-refractivity contribution in [3.05, 3.63) is 29.3 Å². The number of rotatable bonds is 4. The normalized spacial score (nSPS) is 12.8. The van der Waals surface area contributed by atoms with E-state index in [4.69, 9.17) is 15.9 Å². The number of carbonyl (C=O) groups is 1. The molecular weight excluding hydrogens is 220 g/mol. The minimum absolute atomic E-state index is 0.260. The number of halogens is 2. The van der Waals surface area contributed by atoms with E-state index in [-0.39, 0.29) is 12.0 Å². The summed E-state index contributed by atoms with van der Waals surface area (Å²) in [6, 6.07) is 2.57. The van der Waals surface area contributed by atoms with Gasteiger partial charge in [-0.15, -0.1) is 0 Å². The Bertz CT molecular complexity index is 396. The van der Waals surface area contributed by atoms with Crippen LogP contribution in [-0.4, -0.2) is 16.2 Å². The van der Waals surface area contributed by atoms with Crippen molar-refractivity contribution in [3.8, 4) is 5.75 Å². The summed E-state index contributed by atoms with van der Waals surface area (Å²) in [5.74, 6) is -1.64. The van der Waals surface area contributed by atoms with Crippen LogP contribution in [0.4, 0.5) is 8.78 Å². The van der Waals surface area contributed by atoms with E-state index in [0.29, 0.717) is 0 Å². The van der Waals surface area contributed by atoms with Crippen molar-refractivity contribution >= 4 is 5.97 Å². The number of alkyl halides is 2. The molecule has 1 unspecified atom stereocenters. The van der Waals surface area contributed by atoms with E-state index in [1.165, 1.54) is 6.07 Å². The zero-order valence-electron chi connectivity index (χ0n) is 8.23. The number of aliphatic carboxylic acids is 1. The Kier molecular flexibility index (Phi) is 3.78. The first-order chi connectivity index (χ1) is 7.41. The summed E-state index contributed by atoms with van der Waals surface area (Å²) in [5.41, 5.74) is 5.22. The number of phenols is 1. The standard InChI is InChI=1S/C10H11F2NO3/c11-10(12)6-3-5(1-2-8(6)14)7(13)4-9(15)16/h1-3,7,10,14H,4,13H2,(H,15,16). The third-order valence-electron chi connectivity index (χ3n) is 2.11. The van der Waals surface area contributed by atoms with Crippen molar-refractivity contribution < 1.29 is 23.8 Å². The van der Waals surface area contributed by atoms with Gasteiger partial charge >= 0.3 is 5.97 Å². The molecule has 0 amide bonds. The molecule has 0 aliphatic heterocycles. The number of nitrogens with two attached hydrogens (primary N) is 1. The lowest BCUT2D eigenvalue weighted by Gasteiger charge is -2.12. The highest BCUT2D eigenvalue weighted by molar-refractivity contribution is 5.68. The molecule has 0 saturated carbocycles. The summed E-state index contributed by atoms with van der Waals surface area (Å²) in [7, 11) is 0. The van der Waals surface area contributed by atoms with Gasteiger partial charge in [0, 0.05) is 6.04 Å². The van der Waals surface area contributed by atoms with Crippen LogP contribution >= 0.6 is 0 Å². The number of carboxylic acid groups (broad SMARTS) is 1. The molecule has 88 valence electrons. The first-order valence-corrected chi connectivity index (χ1v) is 4.50. The number of benzene rings is 1. The summed E-state index contributed by atoms with van der Waals surface area (Å²) in [5, 5.41) is 17.6. The van der Waals surface area contributed by atoms with E-state index in [0.717, 1.165) is 12.1 Å². The molecule has 4 nitrogen and oxygen atoms in total. The third kappa shape index (κ3) is 2.90. The van der Waals surface area contributed by atoms with E-state index in [2.05, 4.69) is 0 Å². The Morgan fingerprint density at radius 2 is 2.06 bits per heavy atom. The molecule has 16 heavy (non-hydrogen) atoms. The maximum absolute atomic E-state index is 12.4. The van der Waals surface area contributed by atoms with Crippen molar-refractivity contribution in [1.29, 1.82) is 0 Å². The van der Waals surface area contributed by atoms with Crippen LogP contribution in [0.3, 0.4) is 0 Å². The topological polar surface area (TPSA) is 83.6 Å². The minimum atomic E-state index is -2.82. The lowest BCUT2D eigenvalue weighted by molar-refractivity contribution is -0.137. The largest absolute Gasteiger partial charge is 0.507 e. The average molecular weight is 231 g/mol. The molecule has 0 bridgehead atoms. The Labute approximate surface area is 90.3 Å². The van der Waals surface area contributed by atoms with Crippen LogP contribution in [0.25, 0.3) is 0 Å². The molecule has 1 aromatic carbocycles. The van der Waals surface area contributed by atoms with E-state index < -0.39 is 29.7 Å². The molecule has 0 radical (unpaired) electrons. The van der Waals surface area contributed by atoms with Gasteiger partial charge in [-0.25, -0.2) is 8.78 Å². The second-order valence-electron chi connectivity index (χ2n) is 3.32. The van der Waals surface area contributed by atoms with Gasteiger partial charge in [0.15, 0.2) is 0 Å². The van der Waals surface area contributed by atoms with Crippen LogP contribution in [0.15, 0.2) is 18.2 Å². The van der Waals surface area contributed by atoms with Crippen LogP contribution in [0.2, 0.25) is 0 Å². The second-order valence-corrected chi connectivity index (χ2v) is 3.32. The number of carboxylic acids is 1. The van der Waals surface area contributed by atoms with Crippen LogP contribution in [0.1, 0.15) is 30.0 Å². The highest BCUT2D eigenvalue weighted by atomic mass is 19.3. The monoisotopic (exact) mass is 231 g/mol. The van der Waals surface area contributed by atoms with Crippen LogP contribution in [0, 0.1) is 0 Å². The van der Waals surface area contributed by atoms with Crippen LogP contribution in [0.5, 0.6) is 5.75 Å². The molecule has 6 heteroatoms. The fraction of sp³-hybridized carbons (Fsp3) is 0.300. The van der Waals surface area contributed by atoms with Gasteiger partial charge < -0.3 is 15.9 Å². The molecule has 0 saturated heterocycles. The molecular formula is C10H11F2NO3. The maximum atomic E-state index is 12.4. The van der Waals surface area contributed by atoms with Gasteiger partial charge in [0.1, 0.15) is 5.75 Å². The summed E-state index contributed by atoms with van der Waals surface area (Å²) in [6.45, 7) is 0. The van der Waals surface area contributed by atoms with Crippen molar-refractivity contribution in [2.75, 3.05) is 0 Å². The molecule has 1 rings (SSSR count). The molecule has 0 fully saturated rings. The summed E-state index contributed by atoms with van der Waals surface area (Å²) < 4.78 is 24.8. The van der Waals surface area contributed by atoms with Crippen LogP contribution in [-0.2, 0) is 4.79 Å². The molecule has 4 N–H and O–H groups in total. The zero-order chi connectivity index (χ0) is 12.3. The number of aromatic hydroxyl groups is 1. The van der Waals surface area contributed by atoms with Gasteiger partial charge in [0.05, 0.1) is 12.0 Å². The predicted molar refractivity (Wildman–Crippen MR) is 52.2 cm³/mol. The molecule has 0 spiro atoms. The predicted octanol–water partition coefficient (Wildman–Crippen LogP) is 1.80. The summed E-state index contributed by atoms with van der Waals surface area (Å²) in [6.07, 6.45) is -3.18. The quantitative estimate of drug-likeness (QED) is 0.737. The molecule has 0 aliphatic rings. The number of phenolic OH excluding ortho intramolecular Hbond substituents is 1. The van der Waals surface area contributed by atoms with Gasteiger partial charge in [-0.2, -0.15) is 0 Å². The number of hydrogen-bond donors (Lipinski definition) is 3. The zero-order valence-corrected chi connectivity index (χ0v) is 8.23. The fourth-order valence-electron chi connectivity index (χ4n) is 1.28. The lowest BCUT2D eigenvalue weighted by Crippen LogP contribution is -2.15. The Hall–Kier alpha value is -1.69. The van der Waals surface area contributed by atoms with Crippen molar-refractivity contribution in [2.45, 2.75) is 18.9 Å². The van der Waals surface area contributed by atoms with Gasteiger partial charge in [0.2, 0.25) is 0 Å². The molecule has 0 aliphatic carbocycles. The first-order valence-electron chi connectivity index (χ1n) is 4.50. The Morgan fingerprint density at radius 3 is 2.56 bits per heavy atom. The molecule has 0 aromatic heterocycles. The van der Waals surface area contributed by atoms with Gasteiger partial charge in [0.25, 0.3) is 6.43 Å². The Morgan fingerprint density at radius 1 is 1.44 bits per heavy atom. The lowest BCUT2D eigenvalue weighted by atomic mass is 10.0. The smallest absolute Gasteiger partial charge is 0.305 e. The fourth-order valence-corrected chi connectivity index (χ4v) is 1.28. The molecule has 1 atom stereocenters. The molecule has 1 aromatic rings. The highest BCUT2D eigenvalue weighted by Crippen LogP contribution is 2.30. The molecule has 0 heterocycles. The highest BCUT2D eigenvalue weighted by Gasteiger charge is 2.17. The first kappa shape index (κ1) is 12.4. The minimum Gasteiger partial charge on any atom is -0.507 e. The third-order valence-corrected chi connectivity index (χ3v) is 2.11.